The first-order valence-corrected chi connectivity index (χ1v) is 10.6. The molecule has 1 fully saturated rings. The van der Waals surface area contributed by atoms with E-state index in [4.69, 9.17) is 0 Å². The van der Waals surface area contributed by atoms with Gasteiger partial charge < -0.3 is 5.32 Å². The molecule has 0 bridgehead atoms. The SMILES string of the molecule is CC(=O)c1cccc(NC(=O)C(C)Sc2nnc(-c3ccccc3F)n2C2CC2)c1. The van der Waals surface area contributed by atoms with Crippen molar-refractivity contribution in [1.29, 1.82) is 0 Å². The maximum absolute atomic E-state index is 14.3. The molecule has 1 unspecified atom stereocenters. The third-order valence-corrected chi connectivity index (χ3v) is 5.94. The molecule has 1 aliphatic carbocycles. The van der Waals surface area contributed by atoms with Gasteiger partial charge in [0.2, 0.25) is 5.91 Å². The fraction of sp³-hybridized carbons (Fsp3) is 0.273. The molecule has 1 aromatic heterocycles. The number of thioether (sulfide) groups is 1. The molecule has 2 aromatic carbocycles. The second-order valence-corrected chi connectivity index (χ2v) is 8.58. The van der Waals surface area contributed by atoms with Crippen LogP contribution in [0.5, 0.6) is 0 Å². The van der Waals surface area contributed by atoms with Gasteiger partial charge in [-0.25, -0.2) is 4.39 Å². The highest BCUT2D eigenvalue weighted by Crippen LogP contribution is 2.42. The van der Waals surface area contributed by atoms with Crippen LogP contribution >= 0.6 is 11.8 Å². The summed E-state index contributed by atoms with van der Waals surface area (Å²) in [6.45, 7) is 3.26. The molecule has 1 aliphatic rings. The molecule has 4 rings (SSSR count). The maximum atomic E-state index is 14.3. The van der Waals surface area contributed by atoms with E-state index in [1.54, 1.807) is 49.4 Å². The lowest BCUT2D eigenvalue weighted by Gasteiger charge is -2.14. The average molecular weight is 425 g/mol. The predicted molar refractivity (Wildman–Crippen MR) is 114 cm³/mol. The molecular formula is C22H21FN4O2S. The number of nitrogens with one attached hydrogen (secondary N) is 1. The molecule has 1 saturated carbocycles. The Labute approximate surface area is 177 Å². The van der Waals surface area contributed by atoms with Gasteiger partial charge in [0, 0.05) is 17.3 Å². The van der Waals surface area contributed by atoms with Gasteiger partial charge in [-0.3, -0.25) is 14.2 Å². The van der Waals surface area contributed by atoms with E-state index in [9.17, 15) is 14.0 Å². The number of Topliss-reactive ketones (excluding diaryl/α,β-unsaturated/α-hetero) is 1. The Hall–Kier alpha value is -3.00. The molecule has 1 atom stereocenters. The molecule has 154 valence electrons. The number of benzene rings is 2. The highest BCUT2D eigenvalue weighted by atomic mass is 32.2. The fourth-order valence-corrected chi connectivity index (χ4v) is 4.04. The van der Waals surface area contributed by atoms with E-state index in [1.807, 2.05) is 4.57 Å². The van der Waals surface area contributed by atoms with Crippen molar-refractivity contribution >= 4 is 29.1 Å². The summed E-state index contributed by atoms with van der Waals surface area (Å²) in [4.78, 5) is 24.2. The van der Waals surface area contributed by atoms with Crippen LogP contribution in [0.3, 0.4) is 0 Å². The number of hydrogen-bond acceptors (Lipinski definition) is 5. The summed E-state index contributed by atoms with van der Waals surface area (Å²) < 4.78 is 16.2. The van der Waals surface area contributed by atoms with Crippen molar-refractivity contribution in [2.75, 3.05) is 5.32 Å². The lowest BCUT2D eigenvalue weighted by molar-refractivity contribution is -0.115. The van der Waals surface area contributed by atoms with E-state index < -0.39 is 5.25 Å². The number of carbonyl (C=O) groups excluding carboxylic acids is 2. The number of ketones is 1. The number of hydrogen-bond donors (Lipinski definition) is 1. The summed E-state index contributed by atoms with van der Waals surface area (Å²) in [6.07, 6.45) is 1.96. The lowest BCUT2D eigenvalue weighted by atomic mass is 10.1. The summed E-state index contributed by atoms with van der Waals surface area (Å²) in [5, 5.41) is 11.4. The van der Waals surface area contributed by atoms with Crippen LogP contribution in [-0.4, -0.2) is 31.7 Å². The maximum Gasteiger partial charge on any atom is 0.237 e. The van der Waals surface area contributed by atoms with Crippen LogP contribution in [-0.2, 0) is 4.79 Å². The summed E-state index contributed by atoms with van der Waals surface area (Å²) in [7, 11) is 0. The number of anilines is 1. The molecule has 0 spiro atoms. The van der Waals surface area contributed by atoms with Crippen LogP contribution < -0.4 is 5.32 Å². The fourth-order valence-electron chi connectivity index (χ4n) is 3.12. The Bertz CT molecular complexity index is 1110. The first-order chi connectivity index (χ1) is 14.4. The van der Waals surface area contributed by atoms with Crippen LogP contribution in [0.15, 0.2) is 53.7 Å². The minimum Gasteiger partial charge on any atom is -0.325 e. The third kappa shape index (κ3) is 4.28. The third-order valence-electron chi connectivity index (χ3n) is 4.88. The molecule has 3 aromatic rings. The standard InChI is InChI=1S/C22H21FN4O2S/c1-13(28)15-6-5-7-16(12-15)24-21(29)14(2)30-22-26-25-20(27(22)17-10-11-17)18-8-3-4-9-19(18)23/h3-9,12,14,17H,10-11H2,1-2H3,(H,24,29). The highest BCUT2D eigenvalue weighted by molar-refractivity contribution is 8.00. The summed E-state index contributed by atoms with van der Waals surface area (Å²) in [5.74, 6) is -0.135. The number of carbonyl (C=O) groups is 2. The second kappa shape index (κ2) is 8.39. The van der Waals surface area contributed by atoms with Crippen LogP contribution in [0, 0.1) is 5.82 Å². The van der Waals surface area contributed by atoms with Gasteiger partial charge in [0.1, 0.15) is 5.82 Å². The number of amides is 1. The van der Waals surface area contributed by atoms with Crippen molar-refractivity contribution in [2.45, 2.75) is 43.1 Å². The van der Waals surface area contributed by atoms with E-state index in [2.05, 4.69) is 15.5 Å². The first kappa shape index (κ1) is 20.3. The monoisotopic (exact) mass is 424 g/mol. The Morgan fingerprint density at radius 3 is 2.63 bits per heavy atom. The molecule has 1 N–H and O–H groups in total. The van der Waals surface area contributed by atoms with Gasteiger partial charge in [-0.15, -0.1) is 10.2 Å². The lowest BCUT2D eigenvalue weighted by Crippen LogP contribution is -2.23. The zero-order valence-electron chi connectivity index (χ0n) is 16.6. The van der Waals surface area contributed by atoms with Crippen molar-refractivity contribution in [3.63, 3.8) is 0 Å². The highest BCUT2D eigenvalue weighted by Gasteiger charge is 2.32. The van der Waals surface area contributed by atoms with Crippen molar-refractivity contribution in [2.24, 2.45) is 0 Å². The molecule has 30 heavy (non-hydrogen) atoms. The predicted octanol–water partition coefficient (Wildman–Crippen LogP) is 4.74. The zero-order valence-corrected chi connectivity index (χ0v) is 17.4. The minimum atomic E-state index is -0.457. The Morgan fingerprint density at radius 1 is 1.17 bits per heavy atom. The normalized spacial score (nSPS) is 14.4. The van der Waals surface area contributed by atoms with Crippen LogP contribution in [0.1, 0.15) is 43.1 Å². The molecule has 0 radical (unpaired) electrons. The summed E-state index contributed by atoms with van der Waals surface area (Å²) in [5.41, 5.74) is 1.51. The molecular weight excluding hydrogens is 403 g/mol. The molecule has 1 heterocycles. The van der Waals surface area contributed by atoms with E-state index in [-0.39, 0.29) is 23.5 Å². The van der Waals surface area contributed by atoms with Gasteiger partial charge in [0.25, 0.3) is 0 Å². The minimum absolute atomic E-state index is 0.0632. The van der Waals surface area contributed by atoms with E-state index in [0.717, 1.165) is 12.8 Å². The Kier molecular flexibility index (Phi) is 5.67. The number of nitrogens with zero attached hydrogens (tertiary/aromatic N) is 3. The molecule has 0 aliphatic heterocycles. The van der Waals surface area contributed by atoms with E-state index in [0.29, 0.717) is 27.8 Å². The molecule has 1 amide bonds. The Morgan fingerprint density at radius 2 is 1.93 bits per heavy atom. The van der Waals surface area contributed by atoms with Gasteiger partial charge in [-0.2, -0.15) is 0 Å². The topological polar surface area (TPSA) is 76.9 Å². The van der Waals surface area contributed by atoms with Gasteiger partial charge in [-0.05, 0) is 51.0 Å². The van der Waals surface area contributed by atoms with Crippen molar-refractivity contribution in [3.8, 4) is 11.4 Å². The van der Waals surface area contributed by atoms with Crippen LogP contribution in [0.2, 0.25) is 0 Å². The summed E-state index contributed by atoms with van der Waals surface area (Å²) in [6, 6.07) is 13.5. The van der Waals surface area contributed by atoms with Gasteiger partial charge in [0.15, 0.2) is 16.8 Å². The first-order valence-electron chi connectivity index (χ1n) is 9.72. The second-order valence-electron chi connectivity index (χ2n) is 7.27. The number of rotatable bonds is 7. The average Bonchev–Trinajstić information content (AvgIpc) is 3.49. The van der Waals surface area contributed by atoms with Crippen molar-refractivity contribution in [1.82, 2.24) is 14.8 Å². The van der Waals surface area contributed by atoms with Gasteiger partial charge >= 0.3 is 0 Å². The van der Waals surface area contributed by atoms with Gasteiger partial charge in [-0.1, -0.05) is 36.0 Å². The largest absolute Gasteiger partial charge is 0.325 e. The number of halogens is 1. The van der Waals surface area contributed by atoms with Gasteiger partial charge in [0.05, 0.1) is 10.8 Å². The zero-order chi connectivity index (χ0) is 21.3. The van der Waals surface area contributed by atoms with Crippen LogP contribution in [0.4, 0.5) is 10.1 Å². The summed E-state index contributed by atoms with van der Waals surface area (Å²) >= 11 is 1.29. The van der Waals surface area contributed by atoms with Crippen molar-refractivity contribution < 1.29 is 14.0 Å². The smallest absolute Gasteiger partial charge is 0.237 e. The molecule has 8 heteroatoms. The van der Waals surface area contributed by atoms with E-state index in [1.165, 1.54) is 24.8 Å². The van der Waals surface area contributed by atoms with Crippen LogP contribution in [0.25, 0.3) is 11.4 Å². The quantitative estimate of drug-likeness (QED) is 0.438. The Balaban J connectivity index is 1.53. The molecule has 0 saturated heterocycles. The van der Waals surface area contributed by atoms with E-state index >= 15 is 0 Å². The van der Waals surface area contributed by atoms with Crippen molar-refractivity contribution in [3.05, 3.63) is 59.9 Å². The number of aromatic nitrogens is 3. The molecule has 6 nitrogen and oxygen atoms in total.